The maximum absolute atomic E-state index is 11.4. The Balaban J connectivity index is 2.79. The summed E-state index contributed by atoms with van der Waals surface area (Å²) in [5.41, 5.74) is 9.87. The number of nitrogens with zero attached hydrogens (tertiary/aromatic N) is 1. The van der Waals surface area contributed by atoms with Crippen molar-refractivity contribution in [1.29, 1.82) is 0 Å². The first-order chi connectivity index (χ1) is 8.54. The number of hydrogen-bond donors (Lipinski definition) is 2. The predicted molar refractivity (Wildman–Crippen MR) is 74.5 cm³/mol. The SMILES string of the molecule is CCOC(=O)c1ccc(/C(C)=N/NC(N)=S)cc1. The number of benzene rings is 1. The van der Waals surface area contributed by atoms with Crippen LogP contribution < -0.4 is 11.2 Å². The molecule has 3 N–H and O–H groups in total. The molecule has 0 saturated heterocycles. The molecular formula is C12H15N3O2S. The minimum absolute atomic E-state index is 0.109. The Labute approximate surface area is 111 Å². The van der Waals surface area contributed by atoms with Crippen molar-refractivity contribution in [3.05, 3.63) is 35.4 Å². The van der Waals surface area contributed by atoms with Gasteiger partial charge in [0, 0.05) is 0 Å². The monoisotopic (exact) mass is 265 g/mol. The van der Waals surface area contributed by atoms with E-state index in [0.717, 1.165) is 11.3 Å². The Kier molecular flexibility index (Phi) is 5.26. The minimum Gasteiger partial charge on any atom is -0.462 e. The summed E-state index contributed by atoms with van der Waals surface area (Å²) in [5, 5.41) is 4.10. The van der Waals surface area contributed by atoms with Crippen LogP contribution in [0, 0.1) is 0 Å². The largest absolute Gasteiger partial charge is 0.462 e. The molecule has 5 nitrogen and oxygen atoms in total. The second kappa shape index (κ2) is 6.70. The molecule has 1 rings (SSSR count). The lowest BCUT2D eigenvalue weighted by atomic mass is 10.1. The van der Waals surface area contributed by atoms with Gasteiger partial charge in [-0.1, -0.05) is 12.1 Å². The van der Waals surface area contributed by atoms with Gasteiger partial charge in [-0.3, -0.25) is 5.43 Å². The third kappa shape index (κ3) is 4.14. The van der Waals surface area contributed by atoms with Crippen molar-refractivity contribution in [2.45, 2.75) is 13.8 Å². The number of rotatable bonds is 4. The zero-order valence-corrected chi connectivity index (χ0v) is 11.1. The van der Waals surface area contributed by atoms with E-state index in [0.29, 0.717) is 12.2 Å². The Hall–Kier alpha value is -1.95. The van der Waals surface area contributed by atoms with Crippen LogP contribution in [0.15, 0.2) is 29.4 Å². The van der Waals surface area contributed by atoms with E-state index in [1.807, 2.05) is 6.92 Å². The van der Waals surface area contributed by atoms with E-state index in [4.69, 9.17) is 10.5 Å². The van der Waals surface area contributed by atoms with E-state index in [1.54, 1.807) is 31.2 Å². The van der Waals surface area contributed by atoms with Crippen molar-refractivity contribution >= 4 is 29.0 Å². The summed E-state index contributed by atoms with van der Waals surface area (Å²) >= 11 is 4.65. The van der Waals surface area contributed by atoms with Gasteiger partial charge in [-0.15, -0.1) is 0 Å². The first-order valence-corrected chi connectivity index (χ1v) is 5.82. The fourth-order valence-electron chi connectivity index (χ4n) is 1.27. The lowest BCUT2D eigenvalue weighted by Gasteiger charge is -2.04. The number of hydrazone groups is 1. The molecule has 96 valence electrons. The van der Waals surface area contributed by atoms with Gasteiger partial charge in [0.25, 0.3) is 0 Å². The Bertz CT molecular complexity index is 469. The van der Waals surface area contributed by atoms with Gasteiger partial charge in [0.05, 0.1) is 17.9 Å². The normalized spacial score (nSPS) is 10.9. The molecule has 1 aromatic carbocycles. The highest BCUT2D eigenvalue weighted by molar-refractivity contribution is 7.80. The van der Waals surface area contributed by atoms with E-state index >= 15 is 0 Å². The molecule has 0 atom stereocenters. The van der Waals surface area contributed by atoms with E-state index in [1.165, 1.54) is 0 Å². The highest BCUT2D eigenvalue weighted by Crippen LogP contribution is 2.07. The number of carbonyl (C=O) groups is 1. The molecule has 0 radical (unpaired) electrons. The molecule has 0 heterocycles. The number of hydrogen-bond acceptors (Lipinski definition) is 4. The second-order valence-electron chi connectivity index (χ2n) is 3.47. The van der Waals surface area contributed by atoms with Crippen LogP contribution in [0.1, 0.15) is 29.8 Å². The first-order valence-electron chi connectivity index (χ1n) is 5.42. The van der Waals surface area contributed by atoms with Crippen LogP contribution in [0.2, 0.25) is 0 Å². The molecule has 0 aliphatic carbocycles. The van der Waals surface area contributed by atoms with Gasteiger partial charge in [0.15, 0.2) is 5.11 Å². The van der Waals surface area contributed by atoms with Crippen molar-refractivity contribution in [2.75, 3.05) is 6.61 Å². The van der Waals surface area contributed by atoms with Crippen molar-refractivity contribution in [3.63, 3.8) is 0 Å². The molecule has 0 aliphatic rings. The number of thiocarbonyl (C=S) groups is 1. The zero-order chi connectivity index (χ0) is 13.5. The molecule has 0 aliphatic heterocycles. The molecule has 0 aromatic heterocycles. The van der Waals surface area contributed by atoms with Gasteiger partial charge in [-0.05, 0) is 43.8 Å². The molecular weight excluding hydrogens is 250 g/mol. The molecule has 6 heteroatoms. The molecule has 1 aromatic rings. The quantitative estimate of drug-likeness (QED) is 0.373. The van der Waals surface area contributed by atoms with Crippen molar-refractivity contribution in [1.82, 2.24) is 5.43 Å². The molecule has 0 fully saturated rings. The Morgan fingerprint density at radius 2 is 1.94 bits per heavy atom. The maximum Gasteiger partial charge on any atom is 0.338 e. The number of carbonyl (C=O) groups excluding carboxylic acids is 1. The van der Waals surface area contributed by atoms with Crippen molar-refractivity contribution < 1.29 is 9.53 Å². The van der Waals surface area contributed by atoms with Gasteiger partial charge in [-0.2, -0.15) is 5.10 Å². The highest BCUT2D eigenvalue weighted by Gasteiger charge is 2.06. The standard InChI is InChI=1S/C12H15N3O2S/c1-3-17-11(16)10-6-4-9(5-7-10)8(2)14-15-12(13)18/h4-7H,3H2,1-2H3,(H3,13,15,18)/b14-8+. The third-order valence-electron chi connectivity index (χ3n) is 2.15. The summed E-state index contributed by atoms with van der Waals surface area (Å²) in [5.74, 6) is -0.333. The average molecular weight is 265 g/mol. The fourth-order valence-corrected chi connectivity index (χ4v) is 1.31. The molecule has 0 amide bonds. The van der Waals surface area contributed by atoms with E-state index < -0.39 is 0 Å². The Morgan fingerprint density at radius 3 is 2.44 bits per heavy atom. The summed E-state index contributed by atoms with van der Waals surface area (Å²) in [6.07, 6.45) is 0. The van der Waals surface area contributed by atoms with Crippen LogP contribution in [0.25, 0.3) is 0 Å². The molecule has 0 spiro atoms. The average Bonchev–Trinajstić information content (AvgIpc) is 2.36. The van der Waals surface area contributed by atoms with Gasteiger partial charge in [-0.25, -0.2) is 4.79 Å². The summed E-state index contributed by atoms with van der Waals surface area (Å²) in [7, 11) is 0. The Morgan fingerprint density at radius 1 is 1.39 bits per heavy atom. The van der Waals surface area contributed by atoms with E-state index in [9.17, 15) is 4.79 Å². The summed E-state index contributed by atoms with van der Waals surface area (Å²) in [4.78, 5) is 11.4. The first kappa shape index (κ1) is 14.1. The molecule has 0 saturated carbocycles. The van der Waals surface area contributed by atoms with Crippen LogP contribution >= 0.6 is 12.2 Å². The van der Waals surface area contributed by atoms with Crippen LogP contribution in [0.5, 0.6) is 0 Å². The van der Waals surface area contributed by atoms with Gasteiger partial charge >= 0.3 is 5.97 Å². The van der Waals surface area contributed by atoms with Crippen LogP contribution in [0.4, 0.5) is 0 Å². The minimum atomic E-state index is -0.333. The number of nitrogens with two attached hydrogens (primary N) is 1. The van der Waals surface area contributed by atoms with Gasteiger partial charge < -0.3 is 10.5 Å². The van der Waals surface area contributed by atoms with Gasteiger partial charge in [0.2, 0.25) is 0 Å². The van der Waals surface area contributed by atoms with Crippen molar-refractivity contribution in [3.8, 4) is 0 Å². The second-order valence-corrected chi connectivity index (χ2v) is 3.91. The summed E-state index contributed by atoms with van der Waals surface area (Å²) < 4.78 is 4.89. The number of esters is 1. The molecule has 0 unspecified atom stereocenters. The van der Waals surface area contributed by atoms with E-state index in [2.05, 4.69) is 22.7 Å². The molecule has 0 bridgehead atoms. The van der Waals surface area contributed by atoms with Crippen LogP contribution in [0.3, 0.4) is 0 Å². The number of nitrogens with one attached hydrogen (secondary N) is 1. The van der Waals surface area contributed by atoms with Crippen molar-refractivity contribution in [2.24, 2.45) is 10.8 Å². The lowest BCUT2D eigenvalue weighted by Crippen LogP contribution is -2.25. The zero-order valence-electron chi connectivity index (χ0n) is 10.3. The predicted octanol–water partition coefficient (Wildman–Crippen LogP) is 1.42. The highest BCUT2D eigenvalue weighted by atomic mass is 32.1. The van der Waals surface area contributed by atoms with Gasteiger partial charge in [0.1, 0.15) is 0 Å². The summed E-state index contributed by atoms with van der Waals surface area (Å²) in [6.45, 7) is 3.94. The smallest absolute Gasteiger partial charge is 0.338 e. The van der Waals surface area contributed by atoms with E-state index in [-0.39, 0.29) is 11.1 Å². The molecule has 18 heavy (non-hydrogen) atoms. The van der Waals surface area contributed by atoms with Crippen LogP contribution in [-0.2, 0) is 4.74 Å². The summed E-state index contributed by atoms with van der Waals surface area (Å²) in [6, 6.07) is 6.94. The topological polar surface area (TPSA) is 76.7 Å². The lowest BCUT2D eigenvalue weighted by molar-refractivity contribution is 0.0526. The van der Waals surface area contributed by atoms with Crippen LogP contribution in [-0.4, -0.2) is 23.4 Å². The fraction of sp³-hybridized carbons (Fsp3) is 0.250. The third-order valence-corrected chi connectivity index (χ3v) is 2.24. The number of ether oxygens (including phenoxy) is 1. The maximum atomic E-state index is 11.4.